The number of nitrogens with zero attached hydrogens (tertiary/aromatic N) is 4. The van der Waals surface area contributed by atoms with Crippen LogP contribution < -0.4 is 20.4 Å². The van der Waals surface area contributed by atoms with E-state index in [2.05, 4.69) is 25.5 Å². The summed E-state index contributed by atoms with van der Waals surface area (Å²) in [5.74, 6) is -1.73. The molecule has 3 aromatic heterocycles. The average molecular weight is 777 g/mol. The van der Waals surface area contributed by atoms with Crippen molar-refractivity contribution < 1.29 is 36.7 Å². The molecule has 0 unspecified atom stereocenters. The van der Waals surface area contributed by atoms with Crippen LogP contribution in [0.3, 0.4) is 0 Å². The third-order valence-electron chi connectivity index (χ3n) is 9.97. The van der Waals surface area contributed by atoms with Gasteiger partial charge >= 0.3 is 6.18 Å². The third-order valence-corrected chi connectivity index (χ3v) is 12.2. The minimum absolute atomic E-state index is 0.0771. The Balaban J connectivity index is 0.978. The second-order valence-corrected chi connectivity index (χ2v) is 15.7. The molecular weight excluding hydrogens is 745 g/mol. The van der Waals surface area contributed by atoms with Crippen LogP contribution in [0.4, 0.5) is 39.9 Å². The van der Waals surface area contributed by atoms with Gasteiger partial charge in [-0.3, -0.25) is 19.7 Å². The quantitative estimate of drug-likeness (QED) is 0.168. The maximum Gasteiger partial charge on any atom is 0.427 e. The fourth-order valence-electron chi connectivity index (χ4n) is 7.17. The van der Waals surface area contributed by atoms with Gasteiger partial charge in [-0.15, -0.1) is 11.3 Å². The molecule has 3 amide bonds. The van der Waals surface area contributed by atoms with Gasteiger partial charge in [-0.05, 0) is 68.1 Å². The summed E-state index contributed by atoms with van der Waals surface area (Å²) in [5, 5.41) is 4.93. The molecule has 16 heteroatoms. The lowest BCUT2D eigenvalue weighted by molar-refractivity contribution is -0.134. The lowest BCUT2D eigenvalue weighted by Crippen LogP contribution is -2.59. The molecule has 8 rings (SSSR count). The molecule has 0 saturated carbocycles. The molecule has 5 aromatic rings. The number of rotatable bonds is 6. The van der Waals surface area contributed by atoms with Crippen molar-refractivity contribution in [3.8, 4) is 10.4 Å². The van der Waals surface area contributed by atoms with E-state index in [-0.39, 0.29) is 57.1 Å². The van der Waals surface area contributed by atoms with Gasteiger partial charge in [-0.2, -0.15) is 13.2 Å². The first kappa shape index (κ1) is 35.8. The predicted molar refractivity (Wildman–Crippen MR) is 198 cm³/mol. The fraction of sp³-hybridized carbons (Fsp3) is 0.289. The number of halogens is 4. The van der Waals surface area contributed by atoms with Crippen LogP contribution in [0.5, 0.6) is 0 Å². The molecule has 2 N–H and O–H groups in total. The Bertz CT molecular complexity index is 2280. The topological polar surface area (TPSA) is 117 Å². The zero-order valence-electron chi connectivity index (χ0n) is 28.8. The Hall–Kier alpha value is -5.19. The molecule has 3 aliphatic heterocycles. The maximum atomic E-state index is 15.9. The number of carbonyl (C=O) groups is 3. The number of amides is 3. The van der Waals surface area contributed by atoms with Gasteiger partial charge in [0.2, 0.25) is 0 Å². The van der Waals surface area contributed by atoms with Crippen LogP contribution >= 0.6 is 22.7 Å². The zero-order valence-corrected chi connectivity index (χ0v) is 30.4. The summed E-state index contributed by atoms with van der Waals surface area (Å²) in [6.07, 6.45) is -0.192. The Morgan fingerprint density at radius 1 is 0.926 bits per heavy atom. The summed E-state index contributed by atoms with van der Waals surface area (Å²) in [6, 6.07) is 15.3. The number of pyridine rings is 1. The zero-order chi connectivity index (χ0) is 37.8. The number of hydrogen-bond donors (Lipinski definition) is 2. The third kappa shape index (κ3) is 6.73. The number of nitrogens with one attached hydrogen (secondary N) is 2. The maximum absolute atomic E-state index is 15.9. The van der Waals surface area contributed by atoms with Crippen LogP contribution in [-0.4, -0.2) is 60.5 Å². The summed E-state index contributed by atoms with van der Waals surface area (Å²) in [7, 11) is 0. The smallest absolute Gasteiger partial charge is 0.381 e. The Labute approximate surface area is 314 Å². The van der Waals surface area contributed by atoms with Gasteiger partial charge in [0.1, 0.15) is 15.6 Å². The summed E-state index contributed by atoms with van der Waals surface area (Å²) in [6.45, 7) is 5.11. The number of thiophene rings is 1. The highest BCUT2D eigenvalue weighted by Gasteiger charge is 2.45. The van der Waals surface area contributed by atoms with Gasteiger partial charge in [0.15, 0.2) is 10.9 Å². The highest BCUT2D eigenvalue weighted by molar-refractivity contribution is 7.18. The van der Waals surface area contributed by atoms with E-state index < -0.39 is 22.8 Å². The van der Waals surface area contributed by atoms with Gasteiger partial charge < -0.3 is 19.9 Å². The molecule has 1 spiro atoms. The van der Waals surface area contributed by atoms with Crippen LogP contribution in [0.1, 0.15) is 59.2 Å². The van der Waals surface area contributed by atoms with E-state index in [1.54, 1.807) is 59.6 Å². The summed E-state index contributed by atoms with van der Waals surface area (Å²) in [5.41, 5.74) is 3.64. The number of alkyl halides is 3. The van der Waals surface area contributed by atoms with Crippen molar-refractivity contribution >= 4 is 62.7 Å². The van der Waals surface area contributed by atoms with Gasteiger partial charge in [-0.25, -0.2) is 14.4 Å². The van der Waals surface area contributed by atoms with Crippen molar-refractivity contribution in [3.05, 3.63) is 105 Å². The normalized spacial score (nSPS) is 16.2. The number of fused-ring (bicyclic) bond motifs is 3. The minimum Gasteiger partial charge on any atom is -0.381 e. The first-order valence-electron chi connectivity index (χ1n) is 17.2. The van der Waals surface area contributed by atoms with E-state index in [1.807, 2.05) is 13.0 Å². The van der Waals surface area contributed by atoms with Crippen LogP contribution in [0.25, 0.3) is 10.4 Å². The van der Waals surface area contributed by atoms with Crippen LogP contribution in [0, 0.1) is 18.2 Å². The lowest BCUT2D eigenvalue weighted by atomic mass is 9.73. The number of anilines is 4. The standard InChI is InChI=1S/C38H32F4N6O4S2/c1-21-16-26(32(43-17-21)47-19-37(20-47)11-14-52-15-12-37)33(49)45-23-8-6-22(7-9-23)35(51)48-13-10-25-29(39)31(54-30(25)24-4-2-3-5-27(24)48)34(50)46-36-44-18-28(53-36)38(40,41)42/h2-9,16-18H,10-15,19-20H2,1H3,(H,45,49)(H,44,46,50). The van der Waals surface area contributed by atoms with Crippen molar-refractivity contribution in [1.29, 1.82) is 0 Å². The van der Waals surface area contributed by atoms with Crippen LogP contribution in [0.2, 0.25) is 0 Å². The lowest BCUT2D eigenvalue weighted by Gasteiger charge is -2.53. The number of ether oxygens (including phenoxy) is 1. The summed E-state index contributed by atoms with van der Waals surface area (Å²) >= 11 is 1.11. The van der Waals surface area contributed by atoms with E-state index in [0.29, 0.717) is 45.0 Å². The molecule has 0 radical (unpaired) electrons. The molecule has 0 atom stereocenters. The van der Waals surface area contributed by atoms with E-state index in [9.17, 15) is 27.6 Å². The van der Waals surface area contributed by atoms with Crippen molar-refractivity contribution in [3.63, 3.8) is 0 Å². The number of carbonyl (C=O) groups excluding carboxylic acids is 3. The van der Waals surface area contributed by atoms with Crippen LogP contribution in [0.15, 0.2) is 67.0 Å². The summed E-state index contributed by atoms with van der Waals surface area (Å²) in [4.78, 5) is 51.7. The van der Waals surface area contributed by atoms with Gasteiger partial charge in [0, 0.05) is 71.7 Å². The molecule has 3 aliphatic rings. The Morgan fingerprint density at radius 2 is 1.67 bits per heavy atom. The number of thiazole rings is 1. The number of para-hydroxylation sites is 1. The molecule has 278 valence electrons. The highest BCUT2D eigenvalue weighted by Crippen LogP contribution is 2.45. The highest BCUT2D eigenvalue weighted by atomic mass is 32.1. The molecule has 6 heterocycles. The number of aromatic nitrogens is 2. The SMILES string of the molecule is Cc1cnc(N2CC3(CCOCC3)C2)c(C(=O)Nc2ccc(C(=O)N3CCc4c(sc(C(=O)Nc5ncc(C(F)(F)F)s5)c4F)-c4ccccc43)cc2)c1. The Morgan fingerprint density at radius 3 is 2.39 bits per heavy atom. The van der Waals surface area contributed by atoms with Crippen molar-refractivity contribution in [2.24, 2.45) is 5.41 Å². The molecule has 0 bridgehead atoms. The van der Waals surface area contributed by atoms with Gasteiger partial charge in [-0.1, -0.05) is 29.5 Å². The molecular formula is C38H32F4N6O4S2. The van der Waals surface area contributed by atoms with E-state index in [1.165, 1.54) is 0 Å². The van der Waals surface area contributed by atoms with Crippen molar-refractivity contribution in [2.45, 2.75) is 32.4 Å². The monoisotopic (exact) mass is 776 g/mol. The average Bonchev–Trinajstić information content (AvgIpc) is 3.71. The number of benzene rings is 2. The fourth-order valence-corrected chi connectivity index (χ4v) is 9.01. The molecule has 2 aromatic carbocycles. The first-order chi connectivity index (χ1) is 25.9. The molecule has 0 aliphatic carbocycles. The Kier molecular flexibility index (Phi) is 9.22. The number of aryl methyl sites for hydroxylation is 1. The van der Waals surface area contributed by atoms with Gasteiger partial charge in [0.25, 0.3) is 17.7 Å². The van der Waals surface area contributed by atoms with E-state index in [4.69, 9.17) is 4.74 Å². The molecule has 54 heavy (non-hydrogen) atoms. The van der Waals surface area contributed by atoms with E-state index >= 15 is 4.39 Å². The number of hydrogen-bond acceptors (Lipinski definition) is 9. The second-order valence-electron chi connectivity index (χ2n) is 13.6. The van der Waals surface area contributed by atoms with E-state index in [0.717, 1.165) is 56.0 Å². The predicted octanol–water partition coefficient (Wildman–Crippen LogP) is 8.06. The molecule has 2 fully saturated rings. The second kappa shape index (κ2) is 13.9. The molecule has 10 nitrogen and oxygen atoms in total. The van der Waals surface area contributed by atoms with Gasteiger partial charge in [0.05, 0.1) is 17.4 Å². The van der Waals surface area contributed by atoms with Crippen molar-refractivity contribution in [1.82, 2.24) is 9.97 Å². The van der Waals surface area contributed by atoms with Crippen molar-refractivity contribution in [2.75, 3.05) is 53.3 Å². The largest absolute Gasteiger partial charge is 0.427 e. The molecule has 2 saturated heterocycles. The minimum atomic E-state index is -4.62. The first-order valence-corrected chi connectivity index (χ1v) is 18.8. The van der Waals surface area contributed by atoms with Crippen LogP contribution in [-0.2, 0) is 17.3 Å². The summed E-state index contributed by atoms with van der Waals surface area (Å²) < 4.78 is 60.5.